The number of nitrogens with zero attached hydrogens (tertiary/aromatic N) is 1. The Morgan fingerprint density at radius 1 is 1.12 bits per heavy atom. The monoisotopic (exact) mass is 351 g/mol. The highest BCUT2D eigenvalue weighted by Crippen LogP contribution is 2.41. The summed E-state index contributed by atoms with van der Waals surface area (Å²) in [4.78, 5) is 0.365. The van der Waals surface area contributed by atoms with E-state index in [1.165, 1.54) is 6.42 Å². The molecule has 132 valence electrons. The van der Waals surface area contributed by atoms with Gasteiger partial charge in [0, 0.05) is 19.4 Å². The van der Waals surface area contributed by atoms with E-state index in [2.05, 4.69) is 0 Å². The summed E-state index contributed by atoms with van der Waals surface area (Å²) in [5.41, 5.74) is 1.06. The Morgan fingerprint density at radius 2 is 1.83 bits per heavy atom. The second kappa shape index (κ2) is 6.09. The number of sulfonamides is 1. The maximum absolute atomic E-state index is 12.9. The van der Waals surface area contributed by atoms with Crippen molar-refractivity contribution in [2.24, 2.45) is 0 Å². The molecule has 1 aliphatic carbocycles. The van der Waals surface area contributed by atoms with Gasteiger partial charge in [-0.25, -0.2) is 8.42 Å². The van der Waals surface area contributed by atoms with E-state index in [0.717, 1.165) is 37.7 Å². The molecule has 2 saturated heterocycles. The Kier molecular flexibility index (Phi) is 4.19. The van der Waals surface area contributed by atoms with Gasteiger partial charge < -0.3 is 9.47 Å². The topological polar surface area (TPSA) is 55.8 Å². The third-order valence-electron chi connectivity index (χ3n) is 5.56. The lowest BCUT2D eigenvalue weighted by Gasteiger charge is -2.43. The van der Waals surface area contributed by atoms with Crippen molar-refractivity contribution in [3.05, 3.63) is 29.8 Å². The maximum atomic E-state index is 12.9. The number of aryl methyl sites for hydroxylation is 1. The average molecular weight is 351 g/mol. The van der Waals surface area contributed by atoms with Crippen LogP contribution in [0.25, 0.3) is 0 Å². The van der Waals surface area contributed by atoms with Crippen molar-refractivity contribution in [3.8, 4) is 0 Å². The van der Waals surface area contributed by atoms with Crippen molar-refractivity contribution in [1.29, 1.82) is 0 Å². The first-order chi connectivity index (χ1) is 11.5. The van der Waals surface area contributed by atoms with Crippen LogP contribution in [0.1, 0.15) is 44.1 Å². The van der Waals surface area contributed by atoms with E-state index in [0.29, 0.717) is 18.0 Å². The van der Waals surface area contributed by atoms with Crippen LogP contribution in [0.15, 0.2) is 29.2 Å². The van der Waals surface area contributed by atoms with Gasteiger partial charge in [0.1, 0.15) is 6.10 Å². The molecule has 5 nitrogen and oxygen atoms in total. The Labute approximate surface area is 144 Å². The molecule has 2 aliphatic heterocycles. The summed E-state index contributed by atoms with van der Waals surface area (Å²) >= 11 is 0. The minimum Gasteiger partial charge on any atom is -0.347 e. The van der Waals surface area contributed by atoms with Crippen LogP contribution in [0.3, 0.4) is 0 Å². The van der Waals surface area contributed by atoms with Gasteiger partial charge in [0.2, 0.25) is 10.0 Å². The van der Waals surface area contributed by atoms with E-state index >= 15 is 0 Å². The second-order valence-electron chi connectivity index (χ2n) is 7.22. The Balaban J connectivity index is 1.49. The van der Waals surface area contributed by atoms with Gasteiger partial charge in [0.15, 0.2) is 5.79 Å². The summed E-state index contributed by atoms with van der Waals surface area (Å²) in [5.74, 6) is -0.447. The van der Waals surface area contributed by atoms with Gasteiger partial charge in [0.05, 0.1) is 17.5 Å². The normalized spacial score (nSPS) is 30.4. The zero-order valence-corrected chi connectivity index (χ0v) is 14.9. The molecule has 3 fully saturated rings. The highest BCUT2D eigenvalue weighted by atomic mass is 32.2. The Morgan fingerprint density at radius 3 is 2.46 bits per heavy atom. The van der Waals surface area contributed by atoms with Crippen molar-refractivity contribution < 1.29 is 17.9 Å². The van der Waals surface area contributed by atoms with Gasteiger partial charge in [-0.15, -0.1) is 0 Å². The summed E-state index contributed by atoms with van der Waals surface area (Å²) in [7, 11) is -3.45. The maximum Gasteiger partial charge on any atom is 0.243 e. The quantitative estimate of drug-likeness (QED) is 0.840. The number of hydrogen-bond donors (Lipinski definition) is 0. The fourth-order valence-electron chi connectivity index (χ4n) is 4.02. The molecule has 1 aromatic carbocycles. The molecule has 4 rings (SSSR count). The van der Waals surface area contributed by atoms with Crippen molar-refractivity contribution in [3.63, 3.8) is 0 Å². The lowest BCUT2D eigenvalue weighted by Crippen LogP contribution is -2.57. The van der Waals surface area contributed by atoms with Crippen molar-refractivity contribution in [2.45, 2.75) is 68.3 Å². The molecule has 2 heterocycles. The number of hydrogen-bond acceptors (Lipinski definition) is 4. The SMILES string of the molecule is Cc1ccc(S(=O)(=O)N2CC[C@@H]2[C@H]2COC3(CCCCC3)O2)cc1. The standard InChI is InChI=1S/C18H25NO4S/c1-14-5-7-15(8-6-14)24(20,21)19-12-9-16(19)17-13-22-18(23-17)10-3-2-4-11-18/h5-8,16-17H,2-4,9-13H2,1H3/t16-,17-/m1/s1. The highest BCUT2D eigenvalue weighted by molar-refractivity contribution is 7.89. The Bertz CT molecular complexity index is 694. The fourth-order valence-corrected chi connectivity index (χ4v) is 5.71. The molecular weight excluding hydrogens is 326 g/mol. The van der Waals surface area contributed by atoms with E-state index in [1.54, 1.807) is 16.4 Å². The van der Waals surface area contributed by atoms with Gasteiger partial charge in [-0.3, -0.25) is 0 Å². The van der Waals surface area contributed by atoms with E-state index in [1.807, 2.05) is 19.1 Å². The van der Waals surface area contributed by atoms with E-state index in [4.69, 9.17) is 9.47 Å². The van der Waals surface area contributed by atoms with Crippen LogP contribution in [-0.4, -0.2) is 43.8 Å². The summed E-state index contributed by atoms with van der Waals surface area (Å²) in [6.07, 6.45) is 6.05. The first-order valence-electron chi connectivity index (χ1n) is 8.91. The highest BCUT2D eigenvalue weighted by Gasteiger charge is 2.50. The van der Waals surface area contributed by atoms with E-state index < -0.39 is 15.8 Å². The first kappa shape index (κ1) is 16.5. The fraction of sp³-hybridized carbons (Fsp3) is 0.667. The van der Waals surface area contributed by atoms with Crippen LogP contribution in [0.2, 0.25) is 0 Å². The second-order valence-corrected chi connectivity index (χ2v) is 9.11. The molecule has 2 atom stereocenters. The predicted octanol–water partition coefficient (Wildman–Crippen LogP) is 2.83. The van der Waals surface area contributed by atoms with Gasteiger partial charge in [-0.2, -0.15) is 4.31 Å². The third kappa shape index (κ3) is 2.79. The molecular formula is C18H25NO4S. The lowest BCUT2D eigenvalue weighted by molar-refractivity contribution is -0.193. The molecule has 1 aromatic rings. The minimum absolute atomic E-state index is 0.0994. The molecule has 24 heavy (non-hydrogen) atoms. The molecule has 3 aliphatic rings. The van der Waals surface area contributed by atoms with Gasteiger partial charge in [-0.05, 0) is 38.3 Å². The lowest BCUT2D eigenvalue weighted by atomic mass is 9.94. The summed E-state index contributed by atoms with van der Waals surface area (Å²) in [6, 6.07) is 6.96. The molecule has 0 bridgehead atoms. The van der Waals surface area contributed by atoms with Gasteiger partial charge in [-0.1, -0.05) is 24.1 Å². The van der Waals surface area contributed by atoms with Crippen molar-refractivity contribution in [1.82, 2.24) is 4.31 Å². The third-order valence-corrected chi connectivity index (χ3v) is 7.50. The molecule has 0 amide bonds. The number of rotatable bonds is 3. The number of ether oxygens (including phenoxy) is 2. The van der Waals surface area contributed by atoms with Crippen molar-refractivity contribution >= 4 is 10.0 Å². The van der Waals surface area contributed by atoms with Crippen LogP contribution in [0.4, 0.5) is 0 Å². The van der Waals surface area contributed by atoms with Crippen LogP contribution in [0.5, 0.6) is 0 Å². The van der Waals surface area contributed by atoms with E-state index in [-0.39, 0.29) is 12.1 Å². The van der Waals surface area contributed by atoms with Crippen LogP contribution < -0.4 is 0 Å². The molecule has 0 N–H and O–H groups in total. The zero-order valence-electron chi connectivity index (χ0n) is 14.1. The summed E-state index contributed by atoms with van der Waals surface area (Å²) in [5, 5.41) is 0. The molecule has 0 aromatic heterocycles. The van der Waals surface area contributed by atoms with E-state index in [9.17, 15) is 8.42 Å². The van der Waals surface area contributed by atoms with Crippen molar-refractivity contribution in [2.75, 3.05) is 13.2 Å². The smallest absolute Gasteiger partial charge is 0.243 e. The molecule has 1 saturated carbocycles. The predicted molar refractivity (Wildman–Crippen MR) is 90.1 cm³/mol. The zero-order chi connectivity index (χ0) is 16.8. The Hall–Kier alpha value is -0.950. The largest absolute Gasteiger partial charge is 0.347 e. The first-order valence-corrected chi connectivity index (χ1v) is 10.3. The van der Waals surface area contributed by atoms with Crippen LogP contribution in [-0.2, 0) is 19.5 Å². The average Bonchev–Trinajstić information content (AvgIpc) is 2.90. The molecule has 1 spiro atoms. The van der Waals surface area contributed by atoms with Crippen LogP contribution in [0, 0.1) is 6.92 Å². The van der Waals surface area contributed by atoms with Gasteiger partial charge in [0.25, 0.3) is 0 Å². The summed E-state index contributed by atoms with van der Waals surface area (Å²) in [6.45, 7) is 3.02. The van der Waals surface area contributed by atoms with Gasteiger partial charge >= 0.3 is 0 Å². The summed E-state index contributed by atoms with van der Waals surface area (Å²) < 4.78 is 39.6. The van der Waals surface area contributed by atoms with Crippen LogP contribution >= 0.6 is 0 Å². The number of benzene rings is 1. The molecule has 6 heteroatoms. The minimum atomic E-state index is -3.45. The molecule has 0 unspecified atom stereocenters. The molecule has 0 radical (unpaired) electrons.